The predicted molar refractivity (Wildman–Crippen MR) is 252 cm³/mol. The average molecular weight is 763 g/mol. The molecule has 0 radical (unpaired) electrons. The maximum absolute atomic E-state index is 2.50. The molecule has 0 aliphatic heterocycles. The first-order valence-electron chi connectivity index (χ1n) is 22.0. The Labute approximate surface area is 349 Å². The lowest BCUT2D eigenvalue weighted by atomic mass is 9.75. The highest BCUT2D eigenvalue weighted by molar-refractivity contribution is 5.97. The van der Waals surface area contributed by atoms with Gasteiger partial charge in [-0.15, -0.1) is 0 Å². The summed E-state index contributed by atoms with van der Waals surface area (Å²) in [5, 5.41) is 0. The highest BCUT2D eigenvalue weighted by Gasteiger charge is 2.28. The number of hydrogen-bond donors (Lipinski definition) is 0. The molecule has 0 heterocycles. The van der Waals surface area contributed by atoms with Crippen molar-refractivity contribution < 1.29 is 0 Å². The van der Waals surface area contributed by atoms with Gasteiger partial charge in [-0.05, 0) is 255 Å². The van der Waals surface area contributed by atoms with Crippen molar-refractivity contribution in [1.82, 2.24) is 0 Å². The van der Waals surface area contributed by atoms with Crippen LogP contribution in [0.25, 0.3) is 11.1 Å². The van der Waals surface area contributed by atoms with Gasteiger partial charge in [0.1, 0.15) is 0 Å². The number of rotatable bonds is 10. The zero-order valence-corrected chi connectivity index (χ0v) is 36.8. The van der Waals surface area contributed by atoms with Gasteiger partial charge < -0.3 is 9.80 Å². The van der Waals surface area contributed by atoms with Crippen molar-refractivity contribution in [2.75, 3.05) is 9.80 Å². The van der Waals surface area contributed by atoms with Crippen LogP contribution in [0.3, 0.4) is 0 Å². The van der Waals surface area contributed by atoms with E-state index in [4.69, 9.17) is 0 Å². The van der Waals surface area contributed by atoms with E-state index in [1.807, 2.05) is 0 Å². The van der Waals surface area contributed by atoms with Crippen LogP contribution in [-0.4, -0.2) is 0 Å². The van der Waals surface area contributed by atoms with Gasteiger partial charge in [-0.25, -0.2) is 0 Å². The Morgan fingerprint density at radius 3 is 1.02 bits per heavy atom. The second kappa shape index (κ2) is 16.1. The molecule has 0 atom stereocenters. The first-order chi connectivity index (χ1) is 28.0. The van der Waals surface area contributed by atoms with Crippen LogP contribution in [0.15, 0.2) is 97.1 Å². The Balaban J connectivity index is 1.19. The van der Waals surface area contributed by atoms with E-state index in [9.17, 15) is 0 Å². The molecule has 6 aromatic carbocycles. The largest absolute Gasteiger partial charge is 0.310 e. The quantitative estimate of drug-likeness (QED) is 0.137. The third-order valence-corrected chi connectivity index (χ3v) is 13.8. The molecule has 2 aliphatic carbocycles. The Morgan fingerprint density at radius 1 is 0.345 bits per heavy atom. The maximum atomic E-state index is 2.50. The van der Waals surface area contributed by atoms with E-state index in [1.165, 1.54) is 112 Å². The topological polar surface area (TPSA) is 6.48 Å². The minimum Gasteiger partial charge on any atom is -0.310 e. The van der Waals surface area contributed by atoms with Gasteiger partial charge in [0.15, 0.2) is 0 Å². The minimum absolute atomic E-state index is 1.04. The molecule has 2 heteroatoms. The highest BCUT2D eigenvalue weighted by Crippen LogP contribution is 2.48. The zero-order chi connectivity index (χ0) is 40.8. The molecule has 0 aromatic heterocycles. The molecule has 2 aliphatic rings. The second-order valence-electron chi connectivity index (χ2n) is 17.0. The minimum atomic E-state index is 1.04. The van der Waals surface area contributed by atoms with Crippen LogP contribution in [0, 0.1) is 41.5 Å². The fourth-order valence-electron chi connectivity index (χ4n) is 9.89. The van der Waals surface area contributed by atoms with Gasteiger partial charge in [0.05, 0.1) is 0 Å². The molecule has 0 bridgehead atoms. The second-order valence-corrected chi connectivity index (χ2v) is 17.0. The van der Waals surface area contributed by atoms with Gasteiger partial charge in [0.25, 0.3) is 0 Å². The monoisotopic (exact) mass is 762 g/mol. The lowest BCUT2D eigenvalue weighted by Crippen LogP contribution is -2.16. The predicted octanol–water partition coefficient (Wildman–Crippen LogP) is 15.5. The standard InChI is InChI=1S/C56H62N2/c1-11-41-15-19-47(31-43(41)13-3)57(51-27-35(5)39(9)36(6)28-51)49-21-25-53-45(33-49)17-23-56-54-26-22-50(34-46(54)18-24-55(53)56)58(52-29-37(7)40(10)38(8)30-52)48-20-16-42(12-2)44(14-4)32-48/h15-16,19-22,25-34H,11-14,17-18,23-24H2,1-10H3. The summed E-state index contributed by atoms with van der Waals surface area (Å²) >= 11 is 0. The van der Waals surface area contributed by atoms with Crippen LogP contribution in [-0.2, 0) is 38.5 Å². The van der Waals surface area contributed by atoms with Crippen molar-refractivity contribution in [3.05, 3.63) is 175 Å². The van der Waals surface area contributed by atoms with Gasteiger partial charge >= 0.3 is 0 Å². The summed E-state index contributed by atoms with van der Waals surface area (Å²) in [5.74, 6) is 0. The molecular weight excluding hydrogens is 701 g/mol. The van der Waals surface area contributed by atoms with Crippen molar-refractivity contribution in [3.8, 4) is 0 Å². The molecule has 0 saturated heterocycles. The van der Waals surface area contributed by atoms with E-state index in [1.54, 1.807) is 11.1 Å². The number of anilines is 6. The summed E-state index contributed by atoms with van der Waals surface area (Å²) in [6.45, 7) is 22.6. The van der Waals surface area contributed by atoms with Crippen LogP contribution in [0.2, 0.25) is 0 Å². The van der Waals surface area contributed by atoms with Gasteiger partial charge in [-0.2, -0.15) is 0 Å². The molecule has 6 aromatic rings. The summed E-state index contributed by atoms with van der Waals surface area (Å²) in [6.07, 6.45) is 8.44. The number of aryl methyl sites for hydroxylation is 10. The van der Waals surface area contributed by atoms with Crippen LogP contribution in [0.5, 0.6) is 0 Å². The van der Waals surface area contributed by atoms with E-state index in [2.05, 4.69) is 176 Å². The number of fused-ring (bicyclic) bond motifs is 4. The summed E-state index contributed by atoms with van der Waals surface area (Å²) < 4.78 is 0. The van der Waals surface area contributed by atoms with Gasteiger partial charge in [-0.3, -0.25) is 0 Å². The number of benzene rings is 6. The lowest BCUT2D eigenvalue weighted by molar-refractivity contribution is 0.918. The summed E-state index contributed by atoms with van der Waals surface area (Å²) in [5.41, 5.74) is 30.3. The molecule has 0 fully saturated rings. The molecule has 0 saturated carbocycles. The Kier molecular flexibility index (Phi) is 11.0. The molecule has 0 amide bonds. The van der Waals surface area contributed by atoms with E-state index >= 15 is 0 Å². The van der Waals surface area contributed by atoms with Crippen LogP contribution >= 0.6 is 0 Å². The smallest absolute Gasteiger partial charge is 0.0467 e. The normalized spacial score (nSPS) is 13.3. The van der Waals surface area contributed by atoms with Crippen molar-refractivity contribution >= 4 is 45.3 Å². The average Bonchev–Trinajstić information content (AvgIpc) is 3.24. The third-order valence-electron chi connectivity index (χ3n) is 13.8. The third kappa shape index (κ3) is 7.10. The van der Waals surface area contributed by atoms with Crippen molar-refractivity contribution in [2.45, 2.75) is 121 Å². The number of nitrogens with zero attached hydrogens (tertiary/aromatic N) is 2. The van der Waals surface area contributed by atoms with Crippen molar-refractivity contribution in [3.63, 3.8) is 0 Å². The molecule has 2 nitrogen and oxygen atoms in total. The van der Waals surface area contributed by atoms with Crippen molar-refractivity contribution in [2.24, 2.45) is 0 Å². The zero-order valence-electron chi connectivity index (χ0n) is 36.8. The SMILES string of the molecule is CCc1ccc(N(c2cc(C)c(C)c(C)c2)c2ccc3c(c2)CCC2=C3CCc3cc(N(c4cc(C)c(C)c(C)c4)c4ccc(CC)c(CC)c4)ccc32)cc1CC. The van der Waals surface area contributed by atoms with E-state index in [-0.39, 0.29) is 0 Å². The van der Waals surface area contributed by atoms with Gasteiger partial charge in [-0.1, -0.05) is 52.0 Å². The Hall–Kier alpha value is -5.34. The highest BCUT2D eigenvalue weighted by atomic mass is 15.1. The van der Waals surface area contributed by atoms with Gasteiger partial charge in [0, 0.05) is 34.1 Å². The van der Waals surface area contributed by atoms with E-state index < -0.39 is 0 Å². The fraction of sp³-hybridized carbons (Fsp3) is 0.321. The number of allylic oxidation sites excluding steroid dienone is 2. The van der Waals surface area contributed by atoms with Crippen LogP contribution < -0.4 is 9.80 Å². The molecule has 0 N–H and O–H groups in total. The molecule has 58 heavy (non-hydrogen) atoms. The van der Waals surface area contributed by atoms with Crippen LogP contribution in [0.1, 0.15) is 118 Å². The lowest BCUT2D eigenvalue weighted by Gasteiger charge is -2.33. The molecule has 0 spiro atoms. The molecular formula is C56H62N2. The molecule has 8 rings (SSSR count). The van der Waals surface area contributed by atoms with E-state index in [0.29, 0.717) is 0 Å². The van der Waals surface area contributed by atoms with Crippen LogP contribution in [0.4, 0.5) is 34.1 Å². The number of hydrogen-bond acceptors (Lipinski definition) is 2. The van der Waals surface area contributed by atoms with Gasteiger partial charge in [0.2, 0.25) is 0 Å². The summed E-state index contributed by atoms with van der Waals surface area (Å²) in [7, 11) is 0. The first kappa shape index (κ1) is 39.5. The maximum Gasteiger partial charge on any atom is 0.0467 e. The summed E-state index contributed by atoms with van der Waals surface area (Å²) in [4.78, 5) is 5.00. The Bertz CT molecular complexity index is 2360. The fourth-order valence-corrected chi connectivity index (χ4v) is 9.89. The first-order valence-corrected chi connectivity index (χ1v) is 22.0. The molecule has 0 unspecified atom stereocenters. The van der Waals surface area contributed by atoms with Crippen molar-refractivity contribution in [1.29, 1.82) is 0 Å². The Morgan fingerprint density at radius 2 is 0.672 bits per heavy atom. The summed E-state index contributed by atoms with van der Waals surface area (Å²) in [6, 6.07) is 38.4. The van der Waals surface area contributed by atoms with E-state index in [0.717, 1.165) is 51.4 Å². The molecule has 296 valence electrons.